The molecule has 0 saturated carbocycles. The number of hydrogen-bond donors (Lipinski definition) is 0. The lowest BCUT2D eigenvalue weighted by Gasteiger charge is -2.32. The van der Waals surface area contributed by atoms with Crippen molar-refractivity contribution in [3.8, 4) is 11.5 Å². The third-order valence-corrected chi connectivity index (χ3v) is 4.55. The zero-order valence-corrected chi connectivity index (χ0v) is 14.4. The Balaban J connectivity index is 1.82. The summed E-state index contributed by atoms with van der Waals surface area (Å²) in [5.74, 6) is 1.55. The Labute approximate surface area is 142 Å². The second-order valence-corrected chi connectivity index (χ2v) is 5.90. The van der Waals surface area contributed by atoms with Crippen LogP contribution in [0.3, 0.4) is 0 Å². The standard InChI is InChI=1S/C18H23N3O3/c1-4-15(21-8-5-7-19-21)18(22)20-9-6-13-10-16(23-2)17(24-3)11-14(13)12-20/h5,7-8,10-11,15H,4,6,9,12H2,1-3H3/t15-/m1/s1. The number of methoxy groups -OCH3 is 2. The van der Waals surface area contributed by atoms with Crippen LogP contribution in [0.1, 0.15) is 30.5 Å². The lowest BCUT2D eigenvalue weighted by atomic mass is 9.98. The van der Waals surface area contributed by atoms with Crippen LogP contribution in [0, 0.1) is 0 Å². The van der Waals surface area contributed by atoms with E-state index in [0.717, 1.165) is 24.2 Å². The van der Waals surface area contributed by atoms with E-state index in [1.54, 1.807) is 25.1 Å². The van der Waals surface area contributed by atoms with Crippen LogP contribution in [0.4, 0.5) is 0 Å². The Kier molecular flexibility index (Phi) is 4.74. The van der Waals surface area contributed by atoms with E-state index >= 15 is 0 Å². The molecule has 0 N–H and O–H groups in total. The third kappa shape index (κ3) is 2.96. The highest BCUT2D eigenvalue weighted by Crippen LogP contribution is 2.33. The number of benzene rings is 1. The molecule has 0 radical (unpaired) electrons. The Bertz CT molecular complexity index is 713. The molecule has 1 atom stereocenters. The van der Waals surface area contributed by atoms with Crippen molar-refractivity contribution in [3.05, 3.63) is 41.7 Å². The van der Waals surface area contributed by atoms with Gasteiger partial charge in [0, 0.05) is 25.5 Å². The van der Waals surface area contributed by atoms with Crippen LogP contribution in [-0.2, 0) is 17.8 Å². The average Bonchev–Trinajstić information content (AvgIpc) is 3.14. The van der Waals surface area contributed by atoms with Crippen molar-refractivity contribution in [1.82, 2.24) is 14.7 Å². The summed E-state index contributed by atoms with van der Waals surface area (Å²) in [6.45, 7) is 3.31. The van der Waals surface area contributed by atoms with Crippen molar-refractivity contribution >= 4 is 5.91 Å². The molecule has 1 aromatic heterocycles. The summed E-state index contributed by atoms with van der Waals surface area (Å²) in [5.41, 5.74) is 2.33. The number of aromatic nitrogens is 2. The zero-order chi connectivity index (χ0) is 17.1. The topological polar surface area (TPSA) is 56.6 Å². The summed E-state index contributed by atoms with van der Waals surface area (Å²) in [5, 5.41) is 4.23. The van der Waals surface area contributed by atoms with Crippen LogP contribution in [0.2, 0.25) is 0 Å². The van der Waals surface area contributed by atoms with Gasteiger partial charge in [0.2, 0.25) is 5.91 Å². The van der Waals surface area contributed by atoms with Gasteiger partial charge >= 0.3 is 0 Å². The highest BCUT2D eigenvalue weighted by atomic mass is 16.5. The number of rotatable bonds is 5. The summed E-state index contributed by atoms with van der Waals surface area (Å²) in [4.78, 5) is 14.8. The van der Waals surface area contributed by atoms with E-state index in [1.165, 1.54) is 5.56 Å². The van der Waals surface area contributed by atoms with Crippen LogP contribution in [0.5, 0.6) is 11.5 Å². The molecule has 6 nitrogen and oxygen atoms in total. The maximum Gasteiger partial charge on any atom is 0.247 e. The fourth-order valence-corrected chi connectivity index (χ4v) is 3.22. The molecular weight excluding hydrogens is 306 g/mol. The monoisotopic (exact) mass is 329 g/mol. The third-order valence-electron chi connectivity index (χ3n) is 4.55. The predicted octanol–water partition coefficient (Wildman–Crippen LogP) is 2.44. The number of hydrogen-bond acceptors (Lipinski definition) is 4. The van der Waals surface area contributed by atoms with Gasteiger partial charge in [-0.2, -0.15) is 5.10 Å². The van der Waals surface area contributed by atoms with Crippen molar-refractivity contribution in [2.75, 3.05) is 20.8 Å². The maximum absolute atomic E-state index is 12.9. The first kappa shape index (κ1) is 16.4. The molecule has 1 aliphatic heterocycles. The number of amides is 1. The Morgan fingerprint density at radius 3 is 2.54 bits per heavy atom. The Morgan fingerprint density at radius 2 is 1.96 bits per heavy atom. The molecule has 24 heavy (non-hydrogen) atoms. The summed E-state index contributed by atoms with van der Waals surface area (Å²) in [6.07, 6.45) is 5.09. The number of nitrogens with zero attached hydrogens (tertiary/aromatic N) is 3. The number of carbonyl (C=O) groups is 1. The van der Waals surface area contributed by atoms with Crippen LogP contribution in [0.15, 0.2) is 30.6 Å². The second kappa shape index (κ2) is 6.95. The van der Waals surface area contributed by atoms with Gasteiger partial charge in [-0.1, -0.05) is 6.92 Å². The molecule has 3 rings (SSSR count). The molecule has 0 unspecified atom stereocenters. The average molecular weight is 329 g/mol. The molecule has 128 valence electrons. The molecule has 2 aromatic rings. The van der Waals surface area contributed by atoms with Gasteiger partial charge in [0.05, 0.1) is 14.2 Å². The molecule has 1 amide bonds. The van der Waals surface area contributed by atoms with E-state index in [4.69, 9.17) is 9.47 Å². The lowest BCUT2D eigenvalue weighted by molar-refractivity contribution is -0.136. The molecule has 1 aromatic carbocycles. The SMILES string of the molecule is CC[C@H](C(=O)N1CCc2cc(OC)c(OC)cc2C1)n1cccn1. The molecule has 2 heterocycles. The molecule has 0 spiro atoms. The van der Waals surface area contributed by atoms with Gasteiger partial charge in [0.15, 0.2) is 11.5 Å². The van der Waals surface area contributed by atoms with Crippen LogP contribution >= 0.6 is 0 Å². The van der Waals surface area contributed by atoms with Crippen molar-refractivity contribution < 1.29 is 14.3 Å². The van der Waals surface area contributed by atoms with E-state index in [1.807, 2.05) is 36.2 Å². The summed E-state index contributed by atoms with van der Waals surface area (Å²) in [6, 6.07) is 5.59. The van der Waals surface area contributed by atoms with Crippen molar-refractivity contribution in [3.63, 3.8) is 0 Å². The molecular formula is C18H23N3O3. The number of carbonyl (C=O) groups excluding carboxylic acids is 1. The molecule has 0 aliphatic carbocycles. The zero-order valence-electron chi connectivity index (χ0n) is 14.4. The summed E-state index contributed by atoms with van der Waals surface area (Å²) in [7, 11) is 3.26. The first-order valence-corrected chi connectivity index (χ1v) is 8.19. The molecule has 0 saturated heterocycles. The smallest absolute Gasteiger partial charge is 0.247 e. The maximum atomic E-state index is 12.9. The first-order chi connectivity index (χ1) is 11.7. The largest absolute Gasteiger partial charge is 0.493 e. The van der Waals surface area contributed by atoms with E-state index in [0.29, 0.717) is 18.8 Å². The minimum atomic E-state index is -0.248. The predicted molar refractivity (Wildman–Crippen MR) is 90.2 cm³/mol. The summed E-state index contributed by atoms with van der Waals surface area (Å²) < 4.78 is 12.5. The Morgan fingerprint density at radius 1 is 1.25 bits per heavy atom. The minimum absolute atomic E-state index is 0.113. The van der Waals surface area contributed by atoms with Crippen LogP contribution in [0.25, 0.3) is 0 Å². The van der Waals surface area contributed by atoms with Crippen molar-refractivity contribution in [2.24, 2.45) is 0 Å². The Hall–Kier alpha value is -2.50. The normalized spacial score (nSPS) is 14.9. The number of fused-ring (bicyclic) bond motifs is 1. The fourth-order valence-electron chi connectivity index (χ4n) is 3.22. The molecule has 1 aliphatic rings. The van der Waals surface area contributed by atoms with Crippen molar-refractivity contribution in [1.29, 1.82) is 0 Å². The van der Waals surface area contributed by atoms with Gasteiger partial charge in [-0.3, -0.25) is 9.48 Å². The van der Waals surface area contributed by atoms with Crippen LogP contribution in [-0.4, -0.2) is 41.4 Å². The minimum Gasteiger partial charge on any atom is -0.493 e. The highest BCUT2D eigenvalue weighted by molar-refractivity contribution is 5.80. The van der Waals surface area contributed by atoms with Crippen LogP contribution < -0.4 is 9.47 Å². The molecule has 0 fully saturated rings. The van der Waals surface area contributed by atoms with E-state index < -0.39 is 0 Å². The highest BCUT2D eigenvalue weighted by Gasteiger charge is 2.28. The molecule has 0 bridgehead atoms. The first-order valence-electron chi connectivity index (χ1n) is 8.19. The van der Waals surface area contributed by atoms with Gasteiger partial charge in [0.1, 0.15) is 6.04 Å². The van der Waals surface area contributed by atoms with Gasteiger partial charge in [-0.05, 0) is 42.2 Å². The number of ether oxygens (including phenoxy) is 2. The van der Waals surface area contributed by atoms with Gasteiger partial charge in [-0.25, -0.2) is 0 Å². The fraction of sp³-hybridized carbons (Fsp3) is 0.444. The van der Waals surface area contributed by atoms with E-state index in [9.17, 15) is 4.79 Å². The van der Waals surface area contributed by atoms with E-state index in [-0.39, 0.29) is 11.9 Å². The molecule has 6 heteroatoms. The summed E-state index contributed by atoms with van der Waals surface area (Å²) >= 11 is 0. The van der Waals surface area contributed by atoms with Gasteiger partial charge in [-0.15, -0.1) is 0 Å². The lowest BCUT2D eigenvalue weighted by Crippen LogP contribution is -2.40. The quantitative estimate of drug-likeness (QED) is 0.845. The van der Waals surface area contributed by atoms with Gasteiger partial charge in [0.25, 0.3) is 0 Å². The van der Waals surface area contributed by atoms with Crippen molar-refractivity contribution in [2.45, 2.75) is 32.4 Å². The second-order valence-electron chi connectivity index (χ2n) is 5.90. The van der Waals surface area contributed by atoms with E-state index in [2.05, 4.69) is 5.10 Å². The van der Waals surface area contributed by atoms with Gasteiger partial charge < -0.3 is 14.4 Å².